The van der Waals surface area contributed by atoms with E-state index in [-0.39, 0.29) is 0 Å². The van der Waals surface area contributed by atoms with Gasteiger partial charge in [0.05, 0.1) is 0 Å². The minimum Gasteiger partial charge on any atom is -0.304 e. The molecule has 1 heterocycles. The van der Waals surface area contributed by atoms with E-state index in [1.54, 1.807) is 0 Å². The molecule has 0 amide bonds. The fourth-order valence-corrected chi connectivity index (χ4v) is 2.78. The average molecular weight is 268 g/mol. The summed E-state index contributed by atoms with van der Waals surface area (Å²) in [7, 11) is 4.17. The molecule has 106 valence electrons. The Morgan fingerprint density at radius 3 is 2.47 bits per heavy atom. The van der Waals surface area contributed by atoms with Crippen molar-refractivity contribution < 1.29 is 8.78 Å². The minimum atomic E-state index is -0.500. The van der Waals surface area contributed by atoms with Crippen molar-refractivity contribution in [3.8, 4) is 0 Å². The van der Waals surface area contributed by atoms with Crippen molar-refractivity contribution in [3.05, 3.63) is 35.4 Å². The van der Waals surface area contributed by atoms with E-state index in [0.717, 1.165) is 25.5 Å². The number of nitrogens with zero attached hydrogens (tertiary/aromatic N) is 2. The van der Waals surface area contributed by atoms with Gasteiger partial charge in [-0.15, -0.1) is 0 Å². The van der Waals surface area contributed by atoms with Crippen molar-refractivity contribution in [2.24, 2.45) is 0 Å². The van der Waals surface area contributed by atoms with Gasteiger partial charge in [-0.1, -0.05) is 0 Å². The second-order valence-electron chi connectivity index (χ2n) is 5.70. The quantitative estimate of drug-likeness (QED) is 0.831. The molecule has 19 heavy (non-hydrogen) atoms. The summed E-state index contributed by atoms with van der Waals surface area (Å²) in [6.07, 6.45) is 2.21. The predicted molar refractivity (Wildman–Crippen MR) is 72.9 cm³/mol. The number of rotatable bonds is 3. The molecule has 0 aromatic heterocycles. The molecule has 1 aromatic carbocycles. The summed E-state index contributed by atoms with van der Waals surface area (Å²) in [5, 5.41) is 0. The van der Waals surface area contributed by atoms with Crippen molar-refractivity contribution >= 4 is 0 Å². The third kappa shape index (κ3) is 3.74. The first-order chi connectivity index (χ1) is 8.95. The molecule has 0 aliphatic carbocycles. The molecule has 2 atom stereocenters. The molecule has 1 aromatic rings. The van der Waals surface area contributed by atoms with Crippen molar-refractivity contribution in [1.82, 2.24) is 9.80 Å². The van der Waals surface area contributed by atoms with Crippen molar-refractivity contribution in [2.75, 3.05) is 20.6 Å². The molecule has 1 aliphatic heterocycles. The Morgan fingerprint density at radius 2 is 1.89 bits per heavy atom. The number of hydrogen-bond acceptors (Lipinski definition) is 2. The average Bonchev–Trinajstić information content (AvgIpc) is 2.31. The van der Waals surface area contributed by atoms with Gasteiger partial charge in [-0.2, -0.15) is 0 Å². The van der Waals surface area contributed by atoms with E-state index in [1.165, 1.54) is 12.1 Å². The van der Waals surface area contributed by atoms with Crippen LogP contribution in [0.1, 0.15) is 25.3 Å². The third-order valence-electron chi connectivity index (χ3n) is 4.16. The molecular weight excluding hydrogens is 246 g/mol. The number of hydrogen-bond donors (Lipinski definition) is 0. The lowest BCUT2D eigenvalue weighted by molar-refractivity contribution is 0.101. The maximum absolute atomic E-state index is 13.2. The van der Waals surface area contributed by atoms with Gasteiger partial charge in [0.25, 0.3) is 0 Å². The van der Waals surface area contributed by atoms with Crippen LogP contribution in [0.25, 0.3) is 0 Å². The van der Waals surface area contributed by atoms with Crippen LogP contribution in [0, 0.1) is 11.6 Å². The van der Waals surface area contributed by atoms with Gasteiger partial charge in [0, 0.05) is 24.7 Å². The van der Waals surface area contributed by atoms with Gasteiger partial charge in [-0.05, 0) is 58.1 Å². The molecule has 0 radical (unpaired) electrons. The van der Waals surface area contributed by atoms with E-state index in [0.29, 0.717) is 24.2 Å². The van der Waals surface area contributed by atoms with Crippen LogP contribution >= 0.6 is 0 Å². The SMILES string of the molecule is CC1CC(N(C)Cc2cc(F)cc(F)c2)CCN1C. The molecule has 0 saturated carbocycles. The van der Waals surface area contributed by atoms with E-state index >= 15 is 0 Å². The molecular formula is C15H22F2N2. The molecule has 1 saturated heterocycles. The van der Waals surface area contributed by atoms with Crippen LogP contribution in [0.4, 0.5) is 8.78 Å². The highest BCUT2D eigenvalue weighted by Crippen LogP contribution is 2.21. The Bertz CT molecular complexity index is 416. The maximum Gasteiger partial charge on any atom is 0.126 e. The Morgan fingerprint density at radius 1 is 1.26 bits per heavy atom. The highest BCUT2D eigenvalue weighted by molar-refractivity contribution is 5.17. The zero-order chi connectivity index (χ0) is 14.0. The van der Waals surface area contributed by atoms with E-state index in [4.69, 9.17) is 0 Å². The second-order valence-corrected chi connectivity index (χ2v) is 5.70. The van der Waals surface area contributed by atoms with Gasteiger partial charge in [0.15, 0.2) is 0 Å². The minimum absolute atomic E-state index is 0.484. The Kier molecular flexibility index (Phi) is 4.53. The Labute approximate surface area is 114 Å². The van der Waals surface area contributed by atoms with Crippen LogP contribution < -0.4 is 0 Å². The zero-order valence-electron chi connectivity index (χ0n) is 11.9. The molecule has 0 spiro atoms. The third-order valence-corrected chi connectivity index (χ3v) is 4.16. The summed E-state index contributed by atoms with van der Waals surface area (Å²) in [6.45, 7) is 3.89. The molecule has 4 heteroatoms. The summed E-state index contributed by atoms with van der Waals surface area (Å²) < 4.78 is 26.3. The lowest BCUT2D eigenvalue weighted by Crippen LogP contribution is -2.46. The van der Waals surface area contributed by atoms with Gasteiger partial charge in [-0.25, -0.2) is 8.78 Å². The van der Waals surface area contributed by atoms with Crippen LogP contribution in [0.15, 0.2) is 18.2 Å². The lowest BCUT2D eigenvalue weighted by Gasteiger charge is -2.39. The highest BCUT2D eigenvalue weighted by atomic mass is 19.1. The Balaban J connectivity index is 1.98. The van der Waals surface area contributed by atoms with Gasteiger partial charge >= 0.3 is 0 Å². The molecule has 2 rings (SSSR count). The maximum atomic E-state index is 13.2. The van der Waals surface area contributed by atoms with E-state index in [2.05, 4.69) is 23.8 Å². The van der Waals surface area contributed by atoms with Crippen molar-refractivity contribution in [3.63, 3.8) is 0 Å². The second kappa shape index (κ2) is 5.97. The van der Waals surface area contributed by atoms with Crippen LogP contribution in [0.5, 0.6) is 0 Å². The van der Waals surface area contributed by atoms with Crippen molar-refractivity contribution in [2.45, 2.75) is 38.4 Å². The lowest BCUT2D eigenvalue weighted by atomic mass is 9.97. The van der Waals surface area contributed by atoms with Gasteiger partial charge in [0.2, 0.25) is 0 Å². The summed E-state index contributed by atoms with van der Waals surface area (Å²) in [6, 6.07) is 4.79. The predicted octanol–water partition coefficient (Wildman–Crippen LogP) is 2.88. The first-order valence-corrected chi connectivity index (χ1v) is 6.81. The molecule has 0 bridgehead atoms. The van der Waals surface area contributed by atoms with E-state index < -0.39 is 11.6 Å². The van der Waals surface area contributed by atoms with Crippen LogP contribution in [0.2, 0.25) is 0 Å². The van der Waals surface area contributed by atoms with Crippen LogP contribution in [0.3, 0.4) is 0 Å². The fraction of sp³-hybridized carbons (Fsp3) is 0.600. The number of benzene rings is 1. The summed E-state index contributed by atoms with van der Waals surface area (Å²) in [4.78, 5) is 4.56. The Hall–Kier alpha value is -1.00. The molecule has 0 N–H and O–H groups in total. The number of halogens is 2. The van der Waals surface area contributed by atoms with Gasteiger partial charge in [0.1, 0.15) is 11.6 Å². The monoisotopic (exact) mass is 268 g/mol. The van der Waals surface area contributed by atoms with Crippen molar-refractivity contribution in [1.29, 1.82) is 0 Å². The largest absolute Gasteiger partial charge is 0.304 e. The van der Waals surface area contributed by atoms with Gasteiger partial charge < -0.3 is 4.90 Å². The normalized spacial score (nSPS) is 24.9. The molecule has 1 fully saturated rings. The van der Waals surface area contributed by atoms with E-state index in [1.807, 2.05) is 7.05 Å². The molecule has 2 nitrogen and oxygen atoms in total. The molecule has 2 unspecified atom stereocenters. The zero-order valence-corrected chi connectivity index (χ0v) is 11.9. The van der Waals surface area contributed by atoms with E-state index in [9.17, 15) is 8.78 Å². The topological polar surface area (TPSA) is 6.48 Å². The van der Waals surface area contributed by atoms with Crippen LogP contribution in [-0.2, 0) is 6.54 Å². The first kappa shape index (κ1) is 14.4. The standard InChI is InChI=1S/C15H22F2N2/c1-11-6-15(4-5-18(11)2)19(3)10-12-7-13(16)9-14(17)8-12/h7-9,11,15H,4-6,10H2,1-3H3. The highest BCUT2D eigenvalue weighted by Gasteiger charge is 2.25. The fourth-order valence-electron chi connectivity index (χ4n) is 2.78. The summed E-state index contributed by atoms with van der Waals surface area (Å²) in [5.41, 5.74) is 0.701. The number of piperidine rings is 1. The smallest absolute Gasteiger partial charge is 0.126 e. The summed E-state index contributed by atoms with van der Waals surface area (Å²) >= 11 is 0. The van der Waals surface area contributed by atoms with Crippen LogP contribution in [-0.4, -0.2) is 42.5 Å². The summed E-state index contributed by atoms with van der Waals surface area (Å²) in [5.74, 6) is -1.000. The first-order valence-electron chi connectivity index (χ1n) is 6.81. The number of likely N-dealkylation sites (tertiary alicyclic amines) is 1. The van der Waals surface area contributed by atoms with Gasteiger partial charge in [-0.3, -0.25) is 4.90 Å². The molecule has 1 aliphatic rings.